The summed E-state index contributed by atoms with van der Waals surface area (Å²) in [5, 5.41) is 7.42. The molecule has 30 heavy (non-hydrogen) atoms. The minimum Gasteiger partial charge on any atom is -0.494 e. The maximum absolute atomic E-state index is 12.2. The Morgan fingerprint density at radius 3 is 2.43 bits per heavy atom. The third-order valence-corrected chi connectivity index (χ3v) is 5.26. The van der Waals surface area contributed by atoms with Crippen molar-refractivity contribution >= 4 is 34.5 Å². The van der Waals surface area contributed by atoms with Crippen LogP contribution < -0.4 is 20.1 Å². The van der Waals surface area contributed by atoms with E-state index >= 15 is 0 Å². The van der Waals surface area contributed by atoms with Crippen LogP contribution in [0, 0.1) is 0 Å². The van der Waals surface area contributed by atoms with E-state index in [4.69, 9.17) is 9.47 Å². The summed E-state index contributed by atoms with van der Waals surface area (Å²) in [5.41, 5.74) is 2.28. The van der Waals surface area contributed by atoms with Gasteiger partial charge in [-0.1, -0.05) is 32.0 Å². The fraction of sp³-hybridized carbons (Fsp3) is 0.217. The molecule has 2 aromatic carbocycles. The van der Waals surface area contributed by atoms with Gasteiger partial charge >= 0.3 is 0 Å². The molecule has 3 rings (SSSR count). The van der Waals surface area contributed by atoms with E-state index in [2.05, 4.69) is 24.5 Å². The molecule has 0 atom stereocenters. The molecular formula is C23H24N2O4S. The summed E-state index contributed by atoms with van der Waals surface area (Å²) in [6, 6.07) is 16.3. The zero-order valence-corrected chi connectivity index (χ0v) is 17.9. The lowest BCUT2D eigenvalue weighted by atomic mass is 10.0. The summed E-state index contributed by atoms with van der Waals surface area (Å²) < 4.78 is 10.9. The summed E-state index contributed by atoms with van der Waals surface area (Å²) in [7, 11) is 1.51. The molecule has 1 aromatic heterocycles. The van der Waals surface area contributed by atoms with Gasteiger partial charge in [0.1, 0.15) is 11.5 Å². The molecule has 0 radical (unpaired) electrons. The topological polar surface area (TPSA) is 76.7 Å². The van der Waals surface area contributed by atoms with Gasteiger partial charge in [0.25, 0.3) is 11.8 Å². The lowest BCUT2D eigenvalue weighted by Crippen LogP contribution is -2.20. The molecule has 2 N–H and O–H groups in total. The first-order chi connectivity index (χ1) is 14.5. The van der Waals surface area contributed by atoms with Crippen molar-refractivity contribution in [2.45, 2.75) is 19.8 Å². The highest BCUT2D eigenvalue weighted by molar-refractivity contribution is 7.12. The average molecular weight is 425 g/mol. The number of ether oxygens (including phenoxy) is 2. The van der Waals surface area contributed by atoms with Crippen molar-refractivity contribution < 1.29 is 19.1 Å². The van der Waals surface area contributed by atoms with Gasteiger partial charge in [0.05, 0.1) is 17.7 Å². The quantitative estimate of drug-likeness (QED) is 0.524. The number of methoxy groups -OCH3 is 1. The third kappa shape index (κ3) is 5.61. The smallest absolute Gasteiger partial charge is 0.265 e. The average Bonchev–Trinajstić information content (AvgIpc) is 3.28. The first-order valence-electron chi connectivity index (χ1n) is 9.51. The van der Waals surface area contributed by atoms with Crippen molar-refractivity contribution in [3.63, 3.8) is 0 Å². The monoisotopic (exact) mass is 424 g/mol. The molecule has 0 saturated heterocycles. The molecule has 2 amide bonds. The Morgan fingerprint density at radius 1 is 1.03 bits per heavy atom. The van der Waals surface area contributed by atoms with Crippen LogP contribution >= 0.6 is 11.3 Å². The van der Waals surface area contributed by atoms with Crippen LogP contribution in [-0.4, -0.2) is 25.5 Å². The van der Waals surface area contributed by atoms with Gasteiger partial charge < -0.3 is 20.1 Å². The van der Waals surface area contributed by atoms with Gasteiger partial charge in [-0.3, -0.25) is 9.59 Å². The maximum atomic E-state index is 12.2. The summed E-state index contributed by atoms with van der Waals surface area (Å²) in [5.74, 6) is 1.02. The Morgan fingerprint density at radius 2 is 1.80 bits per heavy atom. The van der Waals surface area contributed by atoms with Crippen LogP contribution in [0.1, 0.15) is 35.0 Å². The van der Waals surface area contributed by atoms with Crippen molar-refractivity contribution in [2.75, 3.05) is 24.4 Å². The molecule has 0 aliphatic heterocycles. The van der Waals surface area contributed by atoms with Crippen molar-refractivity contribution in [3.8, 4) is 11.5 Å². The number of rotatable bonds is 8. The fourth-order valence-corrected chi connectivity index (χ4v) is 3.38. The van der Waals surface area contributed by atoms with Crippen molar-refractivity contribution in [2.24, 2.45) is 0 Å². The first-order valence-corrected chi connectivity index (χ1v) is 10.4. The first kappa shape index (κ1) is 21.4. The van der Waals surface area contributed by atoms with Crippen LogP contribution in [-0.2, 0) is 4.79 Å². The number of carbonyl (C=O) groups excluding carboxylic acids is 2. The SMILES string of the molecule is COc1cc(NC(=O)COc2ccc(C(C)C)cc2)ccc1NC(=O)c1cccs1. The Hall–Kier alpha value is -3.32. The highest BCUT2D eigenvalue weighted by Gasteiger charge is 2.12. The molecule has 0 aliphatic rings. The minimum atomic E-state index is -0.291. The van der Waals surface area contributed by atoms with E-state index in [0.717, 1.165) is 0 Å². The summed E-state index contributed by atoms with van der Waals surface area (Å²) in [6.45, 7) is 4.13. The molecule has 7 heteroatoms. The zero-order chi connectivity index (χ0) is 21.5. The van der Waals surface area contributed by atoms with Gasteiger partial charge in [-0.05, 0) is 47.2 Å². The van der Waals surface area contributed by atoms with E-state index in [-0.39, 0.29) is 18.4 Å². The van der Waals surface area contributed by atoms with Crippen LogP contribution in [0.2, 0.25) is 0 Å². The molecule has 0 aliphatic carbocycles. The summed E-state index contributed by atoms with van der Waals surface area (Å²) in [6.07, 6.45) is 0. The molecule has 0 bridgehead atoms. The number of amides is 2. The van der Waals surface area contributed by atoms with Crippen molar-refractivity contribution in [3.05, 3.63) is 70.4 Å². The van der Waals surface area contributed by atoms with Gasteiger partial charge in [-0.25, -0.2) is 0 Å². The number of carbonyl (C=O) groups is 2. The van der Waals surface area contributed by atoms with E-state index in [1.54, 1.807) is 24.3 Å². The van der Waals surface area contributed by atoms with Gasteiger partial charge in [-0.15, -0.1) is 11.3 Å². The van der Waals surface area contributed by atoms with Gasteiger partial charge in [0, 0.05) is 11.8 Å². The number of hydrogen-bond donors (Lipinski definition) is 2. The Labute approximate surface area is 179 Å². The lowest BCUT2D eigenvalue weighted by molar-refractivity contribution is -0.118. The third-order valence-electron chi connectivity index (χ3n) is 4.40. The predicted octanol–water partition coefficient (Wildman–Crippen LogP) is 5.15. The normalized spacial score (nSPS) is 10.5. The van der Waals surface area contributed by atoms with E-state index in [9.17, 15) is 9.59 Å². The summed E-state index contributed by atoms with van der Waals surface area (Å²) >= 11 is 1.36. The number of thiophene rings is 1. The van der Waals surface area contributed by atoms with Gasteiger partial charge in [-0.2, -0.15) is 0 Å². The molecule has 1 heterocycles. The van der Waals surface area contributed by atoms with E-state index in [1.807, 2.05) is 35.7 Å². The van der Waals surface area contributed by atoms with E-state index < -0.39 is 0 Å². The number of nitrogens with one attached hydrogen (secondary N) is 2. The van der Waals surface area contributed by atoms with Gasteiger partial charge in [0.15, 0.2) is 6.61 Å². The van der Waals surface area contributed by atoms with Crippen molar-refractivity contribution in [1.82, 2.24) is 0 Å². The zero-order valence-electron chi connectivity index (χ0n) is 17.1. The van der Waals surface area contributed by atoms with Crippen molar-refractivity contribution in [1.29, 1.82) is 0 Å². The fourth-order valence-electron chi connectivity index (χ4n) is 2.76. The molecule has 6 nitrogen and oxygen atoms in total. The number of benzene rings is 2. The van der Waals surface area contributed by atoms with E-state index in [0.29, 0.717) is 33.7 Å². The molecular weight excluding hydrogens is 400 g/mol. The van der Waals surface area contributed by atoms with Crippen LogP contribution in [0.25, 0.3) is 0 Å². The molecule has 156 valence electrons. The number of hydrogen-bond acceptors (Lipinski definition) is 5. The lowest BCUT2D eigenvalue weighted by Gasteiger charge is -2.13. The van der Waals surface area contributed by atoms with Crippen LogP contribution in [0.5, 0.6) is 11.5 Å². The molecule has 0 spiro atoms. The second-order valence-electron chi connectivity index (χ2n) is 6.91. The minimum absolute atomic E-state index is 0.111. The highest BCUT2D eigenvalue weighted by atomic mass is 32.1. The Balaban J connectivity index is 1.57. The molecule has 0 fully saturated rings. The highest BCUT2D eigenvalue weighted by Crippen LogP contribution is 2.29. The largest absolute Gasteiger partial charge is 0.494 e. The second kappa shape index (κ2) is 9.93. The second-order valence-corrected chi connectivity index (χ2v) is 7.85. The van der Waals surface area contributed by atoms with Crippen LogP contribution in [0.4, 0.5) is 11.4 Å². The Bertz CT molecular complexity index is 999. The summed E-state index contributed by atoms with van der Waals surface area (Å²) in [4.78, 5) is 25.1. The molecule has 0 saturated carbocycles. The standard InChI is InChI=1S/C23H24N2O4S/c1-15(2)16-6-9-18(10-7-16)29-14-22(26)24-17-8-11-19(20(13-17)28-3)25-23(27)21-5-4-12-30-21/h4-13,15H,14H2,1-3H3,(H,24,26)(H,25,27). The van der Waals surface area contributed by atoms with Crippen LogP contribution in [0.15, 0.2) is 60.0 Å². The van der Waals surface area contributed by atoms with Gasteiger partial charge in [0.2, 0.25) is 0 Å². The molecule has 3 aromatic rings. The van der Waals surface area contributed by atoms with Crippen LogP contribution in [0.3, 0.4) is 0 Å². The molecule has 0 unspecified atom stereocenters. The maximum Gasteiger partial charge on any atom is 0.265 e. The number of anilines is 2. The predicted molar refractivity (Wildman–Crippen MR) is 120 cm³/mol. The Kier molecular flexibility index (Phi) is 7.08. The van der Waals surface area contributed by atoms with E-state index in [1.165, 1.54) is 24.0 Å².